The molecule has 11 nitrogen and oxygen atoms in total. The Morgan fingerprint density at radius 2 is 1.65 bits per heavy atom. The van der Waals surface area contributed by atoms with E-state index in [1.807, 2.05) is 6.92 Å². The second-order valence-corrected chi connectivity index (χ2v) is 10.5. The van der Waals surface area contributed by atoms with Gasteiger partial charge >= 0.3 is 12.1 Å². The van der Waals surface area contributed by atoms with Crippen molar-refractivity contribution in [2.24, 2.45) is 5.92 Å². The summed E-state index contributed by atoms with van der Waals surface area (Å²) in [6, 6.07) is 15.6. The van der Waals surface area contributed by atoms with Gasteiger partial charge in [0.1, 0.15) is 23.4 Å². The van der Waals surface area contributed by atoms with E-state index in [4.69, 9.17) is 9.47 Å². The number of rotatable bonds is 8. The first-order valence-corrected chi connectivity index (χ1v) is 13.8. The number of hydrogen-bond donors (Lipinski definition) is 4. The normalized spacial score (nSPS) is 17.0. The second-order valence-electron chi connectivity index (χ2n) is 10.5. The van der Waals surface area contributed by atoms with Crippen molar-refractivity contribution >= 4 is 35.0 Å². The number of halogens is 1. The number of aliphatic hydroxyl groups excluding tert-OH is 1. The van der Waals surface area contributed by atoms with Crippen molar-refractivity contribution in [3.05, 3.63) is 78.1 Å². The van der Waals surface area contributed by atoms with Crippen molar-refractivity contribution in [3.63, 3.8) is 0 Å². The van der Waals surface area contributed by atoms with Gasteiger partial charge in [0.05, 0.1) is 31.9 Å². The van der Waals surface area contributed by atoms with Crippen LogP contribution in [0, 0.1) is 11.7 Å². The summed E-state index contributed by atoms with van der Waals surface area (Å²) in [7, 11) is 3.22. The summed E-state index contributed by atoms with van der Waals surface area (Å²) in [5.41, 5.74) is 1.52. The van der Waals surface area contributed by atoms with Crippen LogP contribution < -0.4 is 25.4 Å². The summed E-state index contributed by atoms with van der Waals surface area (Å²) in [4.78, 5) is 42.3. The number of hydrogen-bond acceptors (Lipinski definition) is 6. The number of benzene rings is 3. The molecule has 1 aliphatic rings. The molecule has 3 aromatic rings. The fourth-order valence-electron chi connectivity index (χ4n) is 4.59. The molecule has 0 fully saturated rings. The first-order valence-electron chi connectivity index (χ1n) is 13.8. The number of carbonyl (C=O) groups excluding carboxylic acids is 3. The van der Waals surface area contributed by atoms with E-state index in [2.05, 4.69) is 16.0 Å². The van der Waals surface area contributed by atoms with Crippen molar-refractivity contribution < 1.29 is 33.4 Å². The van der Waals surface area contributed by atoms with E-state index in [0.717, 1.165) is 0 Å². The number of anilines is 3. The van der Waals surface area contributed by atoms with Gasteiger partial charge in [0.15, 0.2) is 0 Å². The zero-order chi connectivity index (χ0) is 31.1. The highest BCUT2D eigenvalue weighted by atomic mass is 19.1. The summed E-state index contributed by atoms with van der Waals surface area (Å²) in [5, 5.41) is 18.0. The minimum atomic E-state index is -0.581. The number of carbonyl (C=O) groups is 3. The third kappa shape index (κ3) is 7.92. The molecule has 3 aromatic carbocycles. The first kappa shape index (κ1) is 31.1. The number of likely N-dealkylation sites (N-methyl/N-ethyl adjacent to an activating group) is 1. The van der Waals surface area contributed by atoms with Gasteiger partial charge in [0, 0.05) is 36.6 Å². The number of methoxy groups -OCH3 is 1. The van der Waals surface area contributed by atoms with E-state index in [-0.39, 0.29) is 48.9 Å². The molecule has 5 amide bonds. The molecule has 0 saturated heterocycles. The molecule has 0 unspecified atom stereocenters. The highest BCUT2D eigenvalue weighted by Gasteiger charge is 2.34. The van der Waals surface area contributed by atoms with Crippen LogP contribution in [0.4, 0.5) is 31.0 Å². The molecular formula is C31H36FN5O6. The van der Waals surface area contributed by atoms with Crippen molar-refractivity contribution in [2.75, 3.05) is 49.8 Å². The Morgan fingerprint density at radius 3 is 2.30 bits per heavy atom. The largest absolute Gasteiger partial charge is 0.497 e. The lowest BCUT2D eigenvalue weighted by molar-refractivity contribution is 0.0371. The van der Waals surface area contributed by atoms with Gasteiger partial charge in [-0.3, -0.25) is 4.79 Å². The number of aliphatic hydroxyl groups is 1. The van der Waals surface area contributed by atoms with Crippen LogP contribution in [0.5, 0.6) is 11.5 Å². The predicted molar refractivity (Wildman–Crippen MR) is 161 cm³/mol. The molecule has 0 bridgehead atoms. The average molecular weight is 594 g/mol. The fourth-order valence-corrected chi connectivity index (χ4v) is 4.59. The van der Waals surface area contributed by atoms with Crippen LogP contribution in [-0.2, 0) is 0 Å². The maximum absolute atomic E-state index is 13.7. The lowest BCUT2D eigenvalue weighted by Crippen LogP contribution is -2.50. The van der Waals surface area contributed by atoms with Gasteiger partial charge in [-0.25, -0.2) is 14.0 Å². The van der Waals surface area contributed by atoms with Gasteiger partial charge in [0.25, 0.3) is 5.91 Å². The number of nitrogens with zero attached hydrogens (tertiary/aromatic N) is 2. The molecule has 0 saturated carbocycles. The van der Waals surface area contributed by atoms with Crippen molar-refractivity contribution in [3.8, 4) is 11.5 Å². The molecule has 1 aliphatic heterocycles. The number of ether oxygens (including phenoxy) is 2. The zero-order valence-electron chi connectivity index (χ0n) is 24.5. The number of fused-ring (bicyclic) bond motifs is 1. The van der Waals surface area contributed by atoms with Crippen LogP contribution in [0.1, 0.15) is 24.2 Å². The van der Waals surface area contributed by atoms with Crippen molar-refractivity contribution in [1.29, 1.82) is 0 Å². The maximum Gasteiger partial charge on any atom is 0.323 e. The van der Waals surface area contributed by atoms with E-state index >= 15 is 0 Å². The number of amides is 5. The van der Waals surface area contributed by atoms with Crippen LogP contribution >= 0.6 is 0 Å². The summed E-state index contributed by atoms with van der Waals surface area (Å²) in [6.07, 6.45) is -0.507. The molecule has 0 aliphatic carbocycles. The number of nitrogens with one attached hydrogen (secondary N) is 3. The van der Waals surface area contributed by atoms with E-state index in [1.165, 1.54) is 35.2 Å². The SMILES string of the molecule is COc1ccc(NC(=O)N(C)C[C@@H]2Oc3ccc(NC(=O)Nc4ccc(F)cc4)cc3C(=O)N([C@H](C)CO)C[C@H]2C)cc1. The smallest absolute Gasteiger partial charge is 0.323 e. The Bertz CT molecular complexity index is 1440. The third-order valence-electron chi connectivity index (χ3n) is 7.17. The molecule has 0 radical (unpaired) electrons. The molecule has 0 aromatic heterocycles. The highest BCUT2D eigenvalue weighted by molar-refractivity contribution is 6.02. The van der Waals surface area contributed by atoms with E-state index in [1.54, 1.807) is 62.4 Å². The Hall–Kier alpha value is -4.84. The lowest BCUT2D eigenvalue weighted by Gasteiger charge is -2.38. The molecular weight excluding hydrogens is 557 g/mol. The van der Waals surface area contributed by atoms with E-state index in [9.17, 15) is 23.9 Å². The number of urea groups is 2. The quantitative estimate of drug-likeness (QED) is 0.295. The standard InChI is InChI=1S/C31H36FN5O6/c1-19-16-37(20(2)18-38)29(39)26-15-24(34-30(40)33-22-7-5-21(32)6-8-22)11-14-27(26)43-28(19)17-36(3)31(41)35-23-9-12-25(42-4)13-10-23/h5-15,19-20,28,38H,16-18H2,1-4H3,(H,35,41)(H2,33,34,40)/t19-,20-,28+/m1/s1. The Morgan fingerprint density at radius 1 is 1.05 bits per heavy atom. The summed E-state index contributed by atoms with van der Waals surface area (Å²) < 4.78 is 24.7. The zero-order valence-corrected chi connectivity index (χ0v) is 24.5. The van der Waals surface area contributed by atoms with Crippen molar-refractivity contribution in [2.45, 2.75) is 26.0 Å². The Labute approximate surface area is 249 Å². The molecule has 12 heteroatoms. The predicted octanol–water partition coefficient (Wildman–Crippen LogP) is 4.86. The van der Waals surface area contributed by atoms with Gasteiger partial charge in [0.2, 0.25) is 0 Å². The maximum atomic E-state index is 13.7. The minimum Gasteiger partial charge on any atom is -0.497 e. The first-order chi connectivity index (χ1) is 20.6. The van der Waals surface area contributed by atoms with Crippen LogP contribution in [0.15, 0.2) is 66.7 Å². The van der Waals surface area contributed by atoms with Crippen LogP contribution in [0.2, 0.25) is 0 Å². The molecule has 4 N–H and O–H groups in total. The second kappa shape index (κ2) is 13.9. The van der Waals surface area contributed by atoms with Crippen molar-refractivity contribution in [1.82, 2.24) is 9.80 Å². The van der Waals surface area contributed by atoms with Gasteiger partial charge in [-0.15, -0.1) is 0 Å². The monoisotopic (exact) mass is 593 g/mol. The van der Waals surface area contributed by atoms with Crippen LogP contribution in [0.3, 0.4) is 0 Å². The van der Waals surface area contributed by atoms with Gasteiger partial charge < -0.3 is 40.3 Å². The van der Waals surface area contributed by atoms with Gasteiger partial charge in [-0.1, -0.05) is 6.92 Å². The molecule has 43 heavy (non-hydrogen) atoms. The van der Waals surface area contributed by atoms with Gasteiger partial charge in [-0.05, 0) is 73.7 Å². The van der Waals surface area contributed by atoms with E-state index in [0.29, 0.717) is 22.8 Å². The summed E-state index contributed by atoms with van der Waals surface area (Å²) in [6.45, 7) is 3.89. The highest BCUT2D eigenvalue weighted by Crippen LogP contribution is 2.31. The van der Waals surface area contributed by atoms with E-state index < -0.39 is 24.0 Å². The van der Waals surface area contributed by atoms with Gasteiger partial charge in [-0.2, -0.15) is 0 Å². The molecule has 0 spiro atoms. The Kier molecular flexibility index (Phi) is 10.0. The Balaban J connectivity index is 1.53. The topological polar surface area (TPSA) is 132 Å². The summed E-state index contributed by atoms with van der Waals surface area (Å²) >= 11 is 0. The molecule has 1 heterocycles. The molecule has 228 valence electrons. The molecule has 4 rings (SSSR count). The lowest BCUT2D eigenvalue weighted by atomic mass is 9.99. The molecule has 3 atom stereocenters. The van der Waals surface area contributed by atoms with Crippen LogP contribution in [0.25, 0.3) is 0 Å². The van der Waals surface area contributed by atoms with Crippen LogP contribution in [-0.4, -0.2) is 78.9 Å². The average Bonchev–Trinajstić information content (AvgIpc) is 3.00. The third-order valence-corrected chi connectivity index (χ3v) is 7.17. The summed E-state index contributed by atoms with van der Waals surface area (Å²) in [5.74, 6) is -0.0452. The minimum absolute atomic E-state index is 0.196. The fraction of sp³-hybridized carbons (Fsp3) is 0.323.